The Labute approximate surface area is 232 Å². The number of carbonyl (C=O) groups is 1. The monoisotopic (exact) mass is 548 g/mol. The molecule has 3 aromatic carbocycles. The van der Waals surface area contributed by atoms with Gasteiger partial charge in [0, 0.05) is 12.1 Å². The summed E-state index contributed by atoms with van der Waals surface area (Å²) in [5, 5.41) is 0. The first-order valence-electron chi connectivity index (χ1n) is 13.8. The molecule has 0 N–H and O–H groups in total. The Morgan fingerprint density at radius 2 is 1.55 bits per heavy atom. The van der Waals surface area contributed by atoms with E-state index < -0.39 is 40.3 Å². The molecule has 3 nitrogen and oxygen atoms in total. The van der Waals surface area contributed by atoms with Gasteiger partial charge < -0.3 is 9.80 Å². The molecule has 208 valence electrons. The van der Waals surface area contributed by atoms with Gasteiger partial charge in [0.25, 0.3) is 5.91 Å². The van der Waals surface area contributed by atoms with E-state index >= 15 is 0 Å². The van der Waals surface area contributed by atoms with E-state index in [1.165, 1.54) is 22.3 Å². The molecular weight excluding hydrogens is 516 g/mol. The van der Waals surface area contributed by atoms with Crippen molar-refractivity contribution in [3.8, 4) is 0 Å². The van der Waals surface area contributed by atoms with Crippen LogP contribution in [0.3, 0.4) is 0 Å². The molecule has 2 aliphatic carbocycles. The second kappa shape index (κ2) is 9.88. The molecular formula is C33H32F4N2O. The normalized spacial score (nSPS) is 24.0. The molecule has 1 heterocycles. The fourth-order valence-electron chi connectivity index (χ4n) is 7.39. The third-order valence-electron chi connectivity index (χ3n) is 9.65. The van der Waals surface area contributed by atoms with Crippen molar-refractivity contribution in [2.45, 2.75) is 56.0 Å². The van der Waals surface area contributed by atoms with Gasteiger partial charge in [-0.25, -0.2) is 17.6 Å². The highest BCUT2D eigenvalue weighted by molar-refractivity contribution is 5.96. The highest BCUT2D eigenvalue weighted by Crippen LogP contribution is 2.54. The van der Waals surface area contributed by atoms with Gasteiger partial charge in [-0.1, -0.05) is 54.6 Å². The van der Waals surface area contributed by atoms with Crippen molar-refractivity contribution in [1.29, 1.82) is 0 Å². The Bertz CT molecular complexity index is 1510. The third-order valence-corrected chi connectivity index (χ3v) is 9.65. The lowest BCUT2D eigenvalue weighted by Crippen LogP contribution is -2.61. The fourth-order valence-corrected chi connectivity index (χ4v) is 7.39. The van der Waals surface area contributed by atoms with Gasteiger partial charge in [0.15, 0.2) is 23.3 Å². The quantitative estimate of drug-likeness (QED) is 0.200. The van der Waals surface area contributed by atoms with Gasteiger partial charge in [-0.3, -0.25) is 4.79 Å². The van der Waals surface area contributed by atoms with Crippen LogP contribution < -0.4 is 0 Å². The maximum atomic E-state index is 14.9. The minimum atomic E-state index is -1.96. The van der Waals surface area contributed by atoms with E-state index in [1.807, 2.05) is 30.3 Å². The molecule has 0 atom stereocenters. The Kier molecular flexibility index (Phi) is 6.61. The van der Waals surface area contributed by atoms with Gasteiger partial charge in [0.1, 0.15) is 0 Å². The highest BCUT2D eigenvalue weighted by atomic mass is 19.2. The van der Waals surface area contributed by atoms with Crippen molar-refractivity contribution < 1.29 is 22.4 Å². The maximum absolute atomic E-state index is 14.9. The molecule has 0 aromatic heterocycles. The van der Waals surface area contributed by atoms with Crippen molar-refractivity contribution in [1.82, 2.24) is 9.80 Å². The minimum absolute atomic E-state index is 0.149. The fraction of sp³-hybridized carbons (Fsp3) is 0.364. The van der Waals surface area contributed by atoms with Crippen LogP contribution in [0.15, 0.2) is 66.2 Å². The summed E-state index contributed by atoms with van der Waals surface area (Å²) < 4.78 is 57.1. The predicted molar refractivity (Wildman–Crippen MR) is 147 cm³/mol. The van der Waals surface area contributed by atoms with Gasteiger partial charge in [-0.15, -0.1) is 0 Å². The summed E-state index contributed by atoms with van der Waals surface area (Å²) in [5.74, 6) is -7.87. The number of hydrogen-bond acceptors (Lipinski definition) is 2. The Balaban J connectivity index is 1.42. The molecule has 3 aromatic rings. The smallest absolute Gasteiger partial charge is 0.257 e. The summed E-state index contributed by atoms with van der Waals surface area (Å²) in [7, 11) is 4.17. The van der Waals surface area contributed by atoms with E-state index in [2.05, 4.69) is 43.3 Å². The standard InChI is InChI=1S/C33H32F4N2O/c1-38(2)32(20-21-8-4-3-5-9-21)13-15-33(16-14-32)26-18-22-10-6-7-11-23(22)24(26)12-17-39(33)31(40)25-19-27(34)29(36)30(37)28(25)35/h3-11,19H,12-18,20H2,1-2H3. The van der Waals surface area contributed by atoms with E-state index in [9.17, 15) is 22.4 Å². The first kappa shape index (κ1) is 26.8. The number of carbonyl (C=O) groups excluding carboxylic acids is 1. The maximum Gasteiger partial charge on any atom is 0.257 e. The van der Waals surface area contributed by atoms with Crippen molar-refractivity contribution in [2.24, 2.45) is 0 Å². The molecule has 3 aliphatic rings. The number of fused-ring (bicyclic) bond motifs is 3. The number of rotatable bonds is 4. The SMILES string of the molecule is CN(C)C1(Cc2ccccc2)CCC2(CC1)C1=C(CCN2C(=O)c2cc(F)c(F)c(F)c2F)c2ccccc2C1. The lowest BCUT2D eigenvalue weighted by Gasteiger charge is -2.56. The highest BCUT2D eigenvalue weighted by Gasteiger charge is 2.53. The first-order chi connectivity index (χ1) is 19.2. The summed E-state index contributed by atoms with van der Waals surface area (Å²) in [6.07, 6.45) is 4.91. The van der Waals surface area contributed by atoms with Crippen LogP contribution in [0.4, 0.5) is 17.6 Å². The van der Waals surface area contributed by atoms with E-state index in [0.717, 1.165) is 24.8 Å². The van der Waals surface area contributed by atoms with Crippen molar-refractivity contribution in [3.05, 3.63) is 112 Å². The number of amides is 1. The zero-order chi connectivity index (χ0) is 28.2. The molecule has 40 heavy (non-hydrogen) atoms. The van der Waals surface area contributed by atoms with Crippen LogP contribution in [0.2, 0.25) is 0 Å². The predicted octanol–water partition coefficient (Wildman–Crippen LogP) is 6.95. The average molecular weight is 549 g/mol. The van der Waals surface area contributed by atoms with Crippen LogP contribution in [0.25, 0.3) is 5.57 Å². The molecule has 0 unspecified atom stereocenters. The molecule has 0 radical (unpaired) electrons. The molecule has 1 amide bonds. The van der Waals surface area contributed by atoms with Crippen molar-refractivity contribution in [3.63, 3.8) is 0 Å². The molecule has 6 rings (SSSR count). The van der Waals surface area contributed by atoms with Gasteiger partial charge in [0.2, 0.25) is 0 Å². The first-order valence-corrected chi connectivity index (χ1v) is 13.8. The lowest BCUT2D eigenvalue weighted by atomic mass is 9.64. The van der Waals surface area contributed by atoms with Crippen molar-refractivity contribution >= 4 is 11.5 Å². The zero-order valence-corrected chi connectivity index (χ0v) is 22.7. The van der Waals surface area contributed by atoms with Gasteiger partial charge in [-0.2, -0.15) is 0 Å². The van der Waals surface area contributed by atoms with E-state index in [0.29, 0.717) is 38.3 Å². The van der Waals surface area contributed by atoms with Gasteiger partial charge in [0.05, 0.1) is 11.1 Å². The Hall–Kier alpha value is -3.45. The van der Waals surface area contributed by atoms with Crippen molar-refractivity contribution in [2.75, 3.05) is 20.6 Å². The molecule has 7 heteroatoms. The number of halogens is 4. The summed E-state index contributed by atoms with van der Waals surface area (Å²) in [5.41, 5.74) is 4.33. The van der Waals surface area contributed by atoms with Gasteiger partial charge in [-0.05, 0) is 92.9 Å². The summed E-state index contributed by atoms with van der Waals surface area (Å²) in [6.45, 7) is 0.291. The molecule has 1 aliphatic heterocycles. The summed E-state index contributed by atoms with van der Waals surface area (Å²) in [4.78, 5) is 17.9. The summed E-state index contributed by atoms with van der Waals surface area (Å²) >= 11 is 0. The van der Waals surface area contributed by atoms with Crippen LogP contribution in [0.1, 0.15) is 59.2 Å². The second-order valence-corrected chi connectivity index (χ2v) is 11.7. The number of nitrogens with zero attached hydrogens (tertiary/aromatic N) is 2. The van der Waals surface area contributed by atoms with Gasteiger partial charge >= 0.3 is 0 Å². The molecule has 1 saturated carbocycles. The van der Waals surface area contributed by atoms with Crippen LogP contribution >= 0.6 is 0 Å². The van der Waals surface area contributed by atoms with Crippen LogP contribution in [-0.2, 0) is 12.8 Å². The average Bonchev–Trinajstić information content (AvgIpc) is 3.35. The largest absolute Gasteiger partial charge is 0.329 e. The van der Waals surface area contributed by atoms with E-state index in [-0.39, 0.29) is 5.54 Å². The second-order valence-electron chi connectivity index (χ2n) is 11.7. The number of benzene rings is 3. The van der Waals surface area contributed by atoms with Crippen LogP contribution in [-0.4, -0.2) is 47.4 Å². The van der Waals surface area contributed by atoms with E-state index in [4.69, 9.17) is 0 Å². The molecule has 1 spiro atoms. The third kappa shape index (κ3) is 4.09. The van der Waals surface area contributed by atoms with E-state index in [1.54, 1.807) is 4.90 Å². The Morgan fingerprint density at radius 1 is 0.875 bits per heavy atom. The Morgan fingerprint density at radius 3 is 2.25 bits per heavy atom. The van der Waals surface area contributed by atoms with Crippen LogP contribution in [0.5, 0.6) is 0 Å². The minimum Gasteiger partial charge on any atom is -0.329 e. The summed E-state index contributed by atoms with van der Waals surface area (Å²) in [6, 6.07) is 19.0. The topological polar surface area (TPSA) is 23.6 Å². The molecule has 0 bridgehead atoms. The molecule has 1 fully saturated rings. The number of hydrogen-bond donors (Lipinski definition) is 0. The number of likely N-dealkylation sites (N-methyl/N-ethyl adjacent to an activating group) is 1. The lowest BCUT2D eigenvalue weighted by molar-refractivity contribution is 0.00861. The van der Waals surface area contributed by atoms with Crippen LogP contribution in [0, 0.1) is 23.3 Å². The zero-order valence-electron chi connectivity index (χ0n) is 22.7. The molecule has 0 saturated heterocycles.